The summed E-state index contributed by atoms with van der Waals surface area (Å²) in [6.45, 7) is 2.61. The Morgan fingerprint density at radius 2 is 2.60 bits per heavy atom. The molecule has 1 unspecified atom stereocenters. The van der Waals surface area contributed by atoms with Gasteiger partial charge in [0.1, 0.15) is 11.6 Å². The van der Waals surface area contributed by atoms with Gasteiger partial charge in [-0.2, -0.15) is 10.4 Å². The van der Waals surface area contributed by atoms with Gasteiger partial charge in [0.25, 0.3) is 5.88 Å². The maximum absolute atomic E-state index is 8.80. The first kappa shape index (κ1) is 9.87. The zero-order chi connectivity index (χ0) is 10.5. The second-order valence-electron chi connectivity index (χ2n) is 3.53. The van der Waals surface area contributed by atoms with Crippen LogP contribution in [-0.2, 0) is 0 Å². The van der Waals surface area contributed by atoms with Crippen LogP contribution in [0.4, 0.5) is 0 Å². The van der Waals surface area contributed by atoms with Gasteiger partial charge in [0.05, 0.1) is 12.8 Å². The first-order valence-electron chi connectivity index (χ1n) is 4.95. The summed E-state index contributed by atoms with van der Waals surface area (Å²) in [5.74, 6) is 0.852. The van der Waals surface area contributed by atoms with E-state index in [9.17, 15) is 0 Å². The van der Waals surface area contributed by atoms with Crippen LogP contribution in [0.15, 0.2) is 12.3 Å². The highest BCUT2D eigenvalue weighted by Crippen LogP contribution is 2.14. The maximum atomic E-state index is 8.80. The van der Waals surface area contributed by atoms with Crippen LogP contribution >= 0.6 is 0 Å². The molecular weight excluding hydrogens is 192 g/mol. The molecule has 1 aromatic rings. The molecule has 1 aliphatic heterocycles. The minimum Gasteiger partial charge on any atom is -0.475 e. The summed E-state index contributed by atoms with van der Waals surface area (Å²) in [5.41, 5.74) is 0.441. The van der Waals surface area contributed by atoms with Crippen LogP contribution in [0.1, 0.15) is 12.0 Å². The summed E-state index contributed by atoms with van der Waals surface area (Å²) in [7, 11) is 0. The summed E-state index contributed by atoms with van der Waals surface area (Å²) in [6.07, 6.45) is 2.60. The largest absolute Gasteiger partial charge is 0.475 e. The molecule has 2 heterocycles. The van der Waals surface area contributed by atoms with Crippen LogP contribution in [0.3, 0.4) is 0 Å². The zero-order valence-corrected chi connectivity index (χ0v) is 8.31. The Morgan fingerprint density at radius 3 is 3.33 bits per heavy atom. The predicted molar refractivity (Wildman–Crippen MR) is 53.2 cm³/mol. The topological polar surface area (TPSA) is 70.8 Å². The van der Waals surface area contributed by atoms with Crippen molar-refractivity contribution in [3.8, 4) is 11.9 Å². The number of nitrogens with one attached hydrogen (secondary N) is 1. The Hall–Kier alpha value is -1.67. The van der Waals surface area contributed by atoms with E-state index in [-0.39, 0.29) is 0 Å². The highest BCUT2D eigenvalue weighted by Gasteiger charge is 2.16. The van der Waals surface area contributed by atoms with Crippen LogP contribution in [0, 0.1) is 17.2 Å². The second kappa shape index (κ2) is 4.71. The molecule has 1 aliphatic rings. The molecule has 5 nitrogen and oxygen atoms in total. The van der Waals surface area contributed by atoms with Crippen LogP contribution in [0.5, 0.6) is 5.88 Å². The van der Waals surface area contributed by atoms with Crippen LogP contribution in [0.25, 0.3) is 0 Å². The van der Waals surface area contributed by atoms with Gasteiger partial charge in [-0.1, -0.05) is 0 Å². The van der Waals surface area contributed by atoms with Gasteiger partial charge in [0.15, 0.2) is 0 Å². The molecule has 1 N–H and O–H groups in total. The molecular formula is C10H12N4O. The van der Waals surface area contributed by atoms with Gasteiger partial charge in [-0.3, -0.25) is 0 Å². The van der Waals surface area contributed by atoms with Crippen molar-refractivity contribution in [3.05, 3.63) is 17.8 Å². The lowest BCUT2D eigenvalue weighted by atomic mass is 10.1. The van der Waals surface area contributed by atoms with E-state index in [1.54, 1.807) is 6.07 Å². The smallest absolute Gasteiger partial charge is 0.251 e. The van der Waals surface area contributed by atoms with E-state index >= 15 is 0 Å². The second-order valence-corrected chi connectivity index (χ2v) is 3.53. The first-order chi connectivity index (χ1) is 7.40. The Morgan fingerprint density at radius 1 is 1.67 bits per heavy atom. The van der Waals surface area contributed by atoms with Crippen molar-refractivity contribution in [3.63, 3.8) is 0 Å². The molecule has 1 saturated heterocycles. The lowest BCUT2D eigenvalue weighted by molar-refractivity contribution is 0.248. The SMILES string of the molecule is N#Cc1ccnnc1OCC1CCNC1. The highest BCUT2D eigenvalue weighted by atomic mass is 16.5. The van der Waals surface area contributed by atoms with E-state index in [1.165, 1.54) is 6.20 Å². The molecule has 5 heteroatoms. The van der Waals surface area contributed by atoms with Crippen molar-refractivity contribution >= 4 is 0 Å². The van der Waals surface area contributed by atoms with Gasteiger partial charge in [-0.15, -0.1) is 5.10 Å². The predicted octanol–water partition coefficient (Wildman–Crippen LogP) is 0.337. The van der Waals surface area contributed by atoms with Gasteiger partial charge >= 0.3 is 0 Å². The summed E-state index contributed by atoms with van der Waals surface area (Å²) < 4.78 is 5.48. The quantitative estimate of drug-likeness (QED) is 0.768. The first-order valence-corrected chi connectivity index (χ1v) is 4.95. The summed E-state index contributed by atoms with van der Waals surface area (Å²) in [5, 5.41) is 19.5. The van der Waals surface area contributed by atoms with E-state index < -0.39 is 0 Å². The number of hydrogen-bond donors (Lipinski definition) is 1. The van der Waals surface area contributed by atoms with Crippen molar-refractivity contribution < 1.29 is 4.74 Å². The van der Waals surface area contributed by atoms with E-state index in [1.807, 2.05) is 6.07 Å². The van der Waals surface area contributed by atoms with Crippen molar-refractivity contribution in [2.45, 2.75) is 6.42 Å². The summed E-state index contributed by atoms with van der Waals surface area (Å²) >= 11 is 0. The Kier molecular flexibility index (Phi) is 3.10. The zero-order valence-electron chi connectivity index (χ0n) is 8.31. The normalized spacial score (nSPS) is 19.8. The Labute approximate surface area is 88.1 Å². The van der Waals surface area contributed by atoms with E-state index in [2.05, 4.69) is 15.5 Å². The third kappa shape index (κ3) is 2.42. The standard InChI is InChI=1S/C10H12N4O/c11-5-9-2-4-13-14-10(9)15-7-8-1-3-12-6-8/h2,4,8,12H,1,3,6-7H2. The molecule has 0 bridgehead atoms. The minimum absolute atomic E-state index is 0.340. The van der Waals surface area contributed by atoms with Gasteiger partial charge in [-0.05, 0) is 19.0 Å². The van der Waals surface area contributed by atoms with Gasteiger partial charge in [0, 0.05) is 12.5 Å². The van der Waals surface area contributed by atoms with Gasteiger partial charge in [0.2, 0.25) is 0 Å². The molecule has 15 heavy (non-hydrogen) atoms. The Balaban J connectivity index is 1.95. The molecule has 1 fully saturated rings. The molecule has 2 rings (SSSR count). The van der Waals surface area contributed by atoms with E-state index in [0.717, 1.165) is 19.5 Å². The highest BCUT2D eigenvalue weighted by molar-refractivity contribution is 5.35. The van der Waals surface area contributed by atoms with Crippen molar-refractivity contribution in [2.75, 3.05) is 19.7 Å². The van der Waals surface area contributed by atoms with Crippen LogP contribution in [0.2, 0.25) is 0 Å². The number of nitrogens with zero attached hydrogens (tertiary/aromatic N) is 3. The Bertz CT molecular complexity index is 368. The average molecular weight is 204 g/mol. The third-order valence-electron chi connectivity index (χ3n) is 2.43. The molecule has 1 atom stereocenters. The van der Waals surface area contributed by atoms with Crippen LogP contribution < -0.4 is 10.1 Å². The molecule has 0 aromatic carbocycles. The minimum atomic E-state index is 0.340. The molecule has 1 aromatic heterocycles. The van der Waals surface area contributed by atoms with E-state index in [4.69, 9.17) is 10.00 Å². The fourth-order valence-electron chi connectivity index (χ4n) is 1.56. The summed E-state index contributed by atoms with van der Waals surface area (Å²) in [6, 6.07) is 3.63. The van der Waals surface area contributed by atoms with Gasteiger partial charge < -0.3 is 10.1 Å². The molecule has 0 saturated carbocycles. The fourth-order valence-corrected chi connectivity index (χ4v) is 1.56. The number of ether oxygens (including phenoxy) is 1. The lowest BCUT2D eigenvalue weighted by Gasteiger charge is -2.09. The lowest BCUT2D eigenvalue weighted by Crippen LogP contribution is -2.16. The summed E-state index contributed by atoms with van der Waals surface area (Å²) in [4.78, 5) is 0. The molecule has 0 amide bonds. The maximum Gasteiger partial charge on any atom is 0.251 e. The molecule has 78 valence electrons. The average Bonchev–Trinajstić information content (AvgIpc) is 2.79. The number of nitriles is 1. The molecule has 0 spiro atoms. The third-order valence-corrected chi connectivity index (χ3v) is 2.43. The van der Waals surface area contributed by atoms with Crippen molar-refractivity contribution in [2.24, 2.45) is 5.92 Å². The monoisotopic (exact) mass is 204 g/mol. The fraction of sp³-hybridized carbons (Fsp3) is 0.500. The number of rotatable bonds is 3. The van der Waals surface area contributed by atoms with Crippen molar-refractivity contribution in [1.29, 1.82) is 5.26 Å². The number of aromatic nitrogens is 2. The number of hydrogen-bond acceptors (Lipinski definition) is 5. The van der Waals surface area contributed by atoms with Crippen LogP contribution in [-0.4, -0.2) is 29.9 Å². The van der Waals surface area contributed by atoms with Crippen molar-refractivity contribution in [1.82, 2.24) is 15.5 Å². The molecule has 0 aliphatic carbocycles. The van der Waals surface area contributed by atoms with E-state index in [0.29, 0.717) is 24.0 Å². The van der Waals surface area contributed by atoms with Gasteiger partial charge in [-0.25, -0.2) is 0 Å². The molecule has 0 radical (unpaired) electrons.